The number of hydrogen-bond acceptors (Lipinski definition) is 2. The second-order valence-electron chi connectivity index (χ2n) is 8.49. The van der Waals surface area contributed by atoms with Gasteiger partial charge in [0.15, 0.2) is 0 Å². The molecule has 0 saturated heterocycles. The van der Waals surface area contributed by atoms with Gasteiger partial charge >= 0.3 is 0 Å². The first-order chi connectivity index (χ1) is 15.7. The third-order valence-electron chi connectivity index (χ3n) is 6.69. The molecule has 0 radical (unpaired) electrons. The Morgan fingerprint density at radius 1 is 0.625 bits per heavy atom. The molecule has 0 fully saturated rings. The summed E-state index contributed by atoms with van der Waals surface area (Å²) in [6.07, 6.45) is 0. The van der Waals surface area contributed by atoms with E-state index in [0.29, 0.717) is 0 Å². The van der Waals surface area contributed by atoms with Crippen LogP contribution in [-0.4, -0.2) is 0 Å². The highest BCUT2D eigenvalue weighted by Crippen LogP contribution is 2.42. The largest absolute Gasteiger partial charge is 0.455 e. The monoisotopic (exact) mass is 414 g/mol. The molecule has 4 aromatic carbocycles. The number of aryl methyl sites for hydroxylation is 2. The molecule has 0 aliphatic heterocycles. The van der Waals surface area contributed by atoms with Gasteiger partial charge in [-0.3, -0.25) is 0 Å². The second kappa shape index (κ2) is 6.21. The normalized spacial score (nSPS) is 12.1. The number of aromatic nitrogens is 1. The minimum absolute atomic E-state index is 0.849. The number of hydrogen-bond donors (Lipinski definition) is 0. The van der Waals surface area contributed by atoms with Crippen molar-refractivity contribution < 1.29 is 13.4 Å². The molecule has 0 saturated carbocycles. The molecule has 7 aromatic rings. The highest BCUT2D eigenvalue weighted by atomic mass is 16.3. The number of benzene rings is 4. The Bertz CT molecular complexity index is 1850. The van der Waals surface area contributed by atoms with Crippen molar-refractivity contribution in [1.29, 1.82) is 0 Å². The number of rotatable bonds is 1. The van der Waals surface area contributed by atoms with Crippen molar-refractivity contribution in [2.24, 2.45) is 7.05 Å². The molecule has 0 unspecified atom stereocenters. The molecule has 0 bridgehead atoms. The minimum Gasteiger partial charge on any atom is -0.455 e. The van der Waals surface area contributed by atoms with Crippen molar-refractivity contribution in [3.8, 4) is 11.3 Å². The topological polar surface area (TPSA) is 30.2 Å². The number of nitrogens with zero attached hydrogens (tertiary/aromatic N) is 1. The molecule has 0 spiro atoms. The van der Waals surface area contributed by atoms with Gasteiger partial charge in [-0.25, -0.2) is 0 Å². The van der Waals surface area contributed by atoms with Gasteiger partial charge < -0.3 is 8.83 Å². The molecule has 0 amide bonds. The zero-order valence-electron chi connectivity index (χ0n) is 17.8. The Morgan fingerprint density at radius 3 is 2.34 bits per heavy atom. The van der Waals surface area contributed by atoms with Gasteiger partial charge in [-0.1, -0.05) is 42.5 Å². The maximum absolute atomic E-state index is 6.52. The van der Waals surface area contributed by atoms with Crippen molar-refractivity contribution in [2.45, 2.75) is 6.92 Å². The molecule has 0 N–H and O–H groups in total. The Balaban J connectivity index is 1.62. The lowest BCUT2D eigenvalue weighted by Crippen LogP contribution is -2.32. The van der Waals surface area contributed by atoms with Crippen LogP contribution in [0.5, 0.6) is 0 Å². The van der Waals surface area contributed by atoms with Crippen LogP contribution in [0.25, 0.3) is 66.0 Å². The zero-order valence-corrected chi connectivity index (χ0v) is 17.8. The molecule has 0 atom stereocenters. The third-order valence-corrected chi connectivity index (χ3v) is 6.69. The van der Waals surface area contributed by atoms with Gasteiger partial charge in [-0.15, -0.1) is 0 Å². The highest BCUT2D eigenvalue weighted by Gasteiger charge is 2.23. The quantitative estimate of drug-likeness (QED) is 0.261. The predicted octanol–water partition coefficient (Wildman–Crippen LogP) is 7.44. The average molecular weight is 414 g/mol. The molecule has 3 nitrogen and oxygen atoms in total. The van der Waals surface area contributed by atoms with E-state index in [1.807, 2.05) is 12.1 Å². The van der Waals surface area contributed by atoms with Gasteiger partial charge in [0.1, 0.15) is 29.4 Å². The van der Waals surface area contributed by atoms with E-state index in [9.17, 15) is 0 Å². The average Bonchev–Trinajstić information content (AvgIpc) is 3.38. The van der Waals surface area contributed by atoms with Gasteiger partial charge in [-0.2, -0.15) is 4.57 Å². The SMILES string of the molecule is Cc1ccc2c(oc3ccc4c5ccccc5oc4c32)c1-c1ccc2ccccc2[n+]1C. The first-order valence-corrected chi connectivity index (χ1v) is 10.8. The van der Waals surface area contributed by atoms with E-state index in [4.69, 9.17) is 8.83 Å². The van der Waals surface area contributed by atoms with Crippen molar-refractivity contribution in [3.05, 3.63) is 90.5 Å². The van der Waals surface area contributed by atoms with Crippen molar-refractivity contribution in [1.82, 2.24) is 0 Å². The van der Waals surface area contributed by atoms with Crippen molar-refractivity contribution in [2.75, 3.05) is 0 Å². The van der Waals surface area contributed by atoms with E-state index in [1.54, 1.807) is 0 Å². The third kappa shape index (κ3) is 2.23. The van der Waals surface area contributed by atoms with Crippen LogP contribution in [0.15, 0.2) is 93.8 Å². The predicted molar refractivity (Wildman–Crippen MR) is 130 cm³/mol. The molecular weight excluding hydrogens is 394 g/mol. The van der Waals surface area contributed by atoms with E-state index < -0.39 is 0 Å². The van der Waals surface area contributed by atoms with Crippen molar-refractivity contribution in [3.63, 3.8) is 0 Å². The number of fused-ring (bicyclic) bond motifs is 8. The van der Waals surface area contributed by atoms with Crippen LogP contribution in [0.4, 0.5) is 0 Å². The number of pyridine rings is 1. The van der Waals surface area contributed by atoms with Crippen LogP contribution in [0.2, 0.25) is 0 Å². The molecule has 3 heterocycles. The fraction of sp³-hybridized carbons (Fsp3) is 0.0690. The van der Waals surface area contributed by atoms with Crippen LogP contribution < -0.4 is 4.57 Å². The van der Waals surface area contributed by atoms with Gasteiger partial charge in [0.25, 0.3) is 0 Å². The van der Waals surface area contributed by atoms with E-state index in [0.717, 1.165) is 55.1 Å². The lowest BCUT2D eigenvalue weighted by Gasteiger charge is -2.07. The minimum atomic E-state index is 0.849. The molecule has 3 heteroatoms. The summed E-state index contributed by atoms with van der Waals surface area (Å²) in [5, 5.41) is 5.59. The van der Waals surface area contributed by atoms with Crippen LogP contribution >= 0.6 is 0 Å². The zero-order chi connectivity index (χ0) is 21.4. The van der Waals surface area contributed by atoms with Crippen LogP contribution in [0.1, 0.15) is 5.56 Å². The molecule has 3 aromatic heterocycles. The van der Waals surface area contributed by atoms with Gasteiger partial charge in [-0.05, 0) is 42.8 Å². The summed E-state index contributed by atoms with van der Waals surface area (Å²) >= 11 is 0. The van der Waals surface area contributed by atoms with E-state index >= 15 is 0 Å². The van der Waals surface area contributed by atoms with Crippen molar-refractivity contribution >= 4 is 54.8 Å². The highest BCUT2D eigenvalue weighted by molar-refractivity contribution is 6.23. The Labute approximate surface area is 184 Å². The van der Waals surface area contributed by atoms with Gasteiger partial charge in [0, 0.05) is 33.7 Å². The fourth-order valence-electron chi connectivity index (χ4n) is 5.12. The summed E-state index contributed by atoms with van der Waals surface area (Å²) in [5.74, 6) is 0. The Kier molecular flexibility index (Phi) is 3.41. The fourth-order valence-corrected chi connectivity index (χ4v) is 5.12. The molecule has 32 heavy (non-hydrogen) atoms. The van der Waals surface area contributed by atoms with Gasteiger partial charge in [0.05, 0.1) is 10.9 Å². The van der Waals surface area contributed by atoms with E-state index in [-0.39, 0.29) is 0 Å². The Morgan fingerprint density at radius 2 is 1.41 bits per heavy atom. The smallest absolute Gasteiger partial charge is 0.216 e. The molecule has 7 rings (SSSR count). The maximum Gasteiger partial charge on any atom is 0.216 e. The standard InChI is InChI=1S/C29H20NO2/c1-17-11-13-21-27-25(16-14-20-19-8-4-6-10-24(19)31-28(20)27)32-29(21)26(17)23-15-12-18-7-3-5-9-22(18)30(23)2/h3-16H,1-2H3/q+1. The second-order valence-corrected chi connectivity index (χ2v) is 8.49. The van der Waals surface area contributed by atoms with Crippen LogP contribution in [0.3, 0.4) is 0 Å². The summed E-state index contributed by atoms with van der Waals surface area (Å²) in [6, 6.07) is 29.5. The summed E-state index contributed by atoms with van der Waals surface area (Å²) < 4.78 is 15.1. The first kappa shape index (κ1) is 17.6. The molecule has 152 valence electrons. The summed E-state index contributed by atoms with van der Waals surface area (Å²) in [4.78, 5) is 0. The Hall–Kier alpha value is -4.11. The van der Waals surface area contributed by atoms with Crippen LogP contribution in [0, 0.1) is 6.92 Å². The summed E-state index contributed by atoms with van der Waals surface area (Å²) in [7, 11) is 2.12. The molecule has 0 aliphatic carbocycles. The number of para-hydroxylation sites is 2. The van der Waals surface area contributed by atoms with Gasteiger partial charge in [0.2, 0.25) is 11.2 Å². The lowest BCUT2D eigenvalue weighted by molar-refractivity contribution is -0.633. The molecule has 0 aliphatic rings. The number of furan rings is 2. The van der Waals surface area contributed by atoms with Crippen LogP contribution in [-0.2, 0) is 7.05 Å². The van der Waals surface area contributed by atoms with E-state index in [1.165, 1.54) is 16.5 Å². The lowest BCUT2D eigenvalue weighted by atomic mass is 9.99. The van der Waals surface area contributed by atoms with E-state index in [2.05, 4.69) is 91.3 Å². The first-order valence-electron chi connectivity index (χ1n) is 10.8. The summed E-state index contributed by atoms with van der Waals surface area (Å²) in [5.41, 5.74) is 8.17. The maximum atomic E-state index is 6.52. The molecular formula is C29H20NO2+. The summed E-state index contributed by atoms with van der Waals surface area (Å²) in [6.45, 7) is 2.15.